The van der Waals surface area contributed by atoms with Crippen molar-refractivity contribution in [1.29, 1.82) is 0 Å². The van der Waals surface area contributed by atoms with Crippen molar-refractivity contribution >= 4 is 5.91 Å². The molecule has 2 aliphatic heterocycles. The number of carbonyl (C=O) groups excluding carboxylic acids is 1. The molecule has 3 fully saturated rings. The number of alkyl halides is 4. The second kappa shape index (κ2) is 6.40. The Hall–Kier alpha value is -1.75. The van der Waals surface area contributed by atoms with Gasteiger partial charge in [0.25, 0.3) is 0 Å². The fourth-order valence-corrected chi connectivity index (χ4v) is 4.33. The summed E-state index contributed by atoms with van der Waals surface area (Å²) < 4.78 is 52.1. The van der Waals surface area contributed by atoms with Crippen molar-refractivity contribution in [3.05, 3.63) is 35.4 Å². The van der Waals surface area contributed by atoms with Crippen molar-refractivity contribution in [2.24, 2.45) is 5.92 Å². The third kappa shape index (κ3) is 2.91. The van der Waals surface area contributed by atoms with Gasteiger partial charge in [0.15, 0.2) is 6.35 Å². The number of fused-ring (bicyclic) bond motifs is 1. The van der Waals surface area contributed by atoms with Gasteiger partial charge in [0.2, 0.25) is 5.91 Å². The normalized spacial score (nSPS) is 33.3. The van der Waals surface area contributed by atoms with Gasteiger partial charge in [-0.15, -0.1) is 0 Å². The Balaban J connectivity index is 1.68. The predicted molar refractivity (Wildman–Crippen MR) is 86.3 cm³/mol. The number of nitrogens with zero attached hydrogens (tertiary/aromatic N) is 1. The summed E-state index contributed by atoms with van der Waals surface area (Å²) in [5, 5.41) is 16.7. The van der Waals surface area contributed by atoms with E-state index in [-0.39, 0.29) is 0 Å². The van der Waals surface area contributed by atoms with E-state index < -0.39 is 54.3 Å². The maximum atomic E-state index is 13.5. The van der Waals surface area contributed by atoms with E-state index in [1.165, 1.54) is 12.1 Å². The third-order valence-corrected chi connectivity index (χ3v) is 5.82. The smallest absolute Gasteiger partial charge is 0.361 e. The number of amides is 1. The second-order valence-electron chi connectivity index (χ2n) is 7.27. The van der Waals surface area contributed by atoms with Gasteiger partial charge < -0.3 is 10.4 Å². The largest absolute Gasteiger partial charge is 0.416 e. The number of aliphatic hydroxyl groups is 1. The lowest BCUT2D eigenvalue weighted by Gasteiger charge is -2.52. The monoisotopic (exact) mass is 388 g/mol. The first-order valence-electron chi connectivity index (χ1n) is 8.80. The fourth-order valence-electron chi connectivity index (χ4n) is 4.33. The maximum Gasteiger partial charge on any atom is 0.416 e. The van der Waals surface area contributed by atoms with Gasteiger partial charge in [-0.2, -0.15) is 13.2 Å². The van der Waals surface area contributed by atoms with Crippen LogP contribution in [0.15, 0.2) is 24.3 Å². The molecule has 6 nitrogen and oxygen atoms in total. The molecule has 4 N–H and O–H groups in total. The summed E-state index contributed by atoms with van der Waals surface area (Å²) in [7, 11) is 0. The molecule has 1 amide bonds. The quantitative estimate of drug-likeness (QED) is 0.585. The number of benzene rings is 1. The van der Waals surface area contributed by atoms with E-state index >= 15 is 0 Å². The van der Waals surface area contributed by atoms with E-state index in [1.807, 2.05) is 0 Å². The average molecular weight is 388 g/mol. The summed E-state index contributed by atoms with van der Waals surface area (Å²) in [4.78, 5) is 12.3. The Kier molecular flexibility index (Phi) is 4.41. The van der Waals surface area contributed by atoms with Crippen molar-refractivity contribution < 1.29 is 27.5 Å². The molecule has 4 atom stereocenters. The van der Waals surface area contributed by atoms with Crippen molar-refractivity contribution in [2.45, 2.75) is 49.5 Å². The van der Waals surface area contributed by atoms with E-state index in [4.69, 9.17) is 0 Å². The van der Waals surface area contributed by atoms with Crippen LogP contribution in [0.1, 0.15) is 30.4 Å². The number of hydrazine groups is 1. The van der Waals surface area contributed by atoms with Crippen LogP contribution in [0.25, 0.3) is 0 Å². The molecule has 1 aromatic rings. The van der Waals surface area contributed by atoms with E-state index in [9.17, 15) is 27.5 Å². The molecule has 0 radical (unpaired) electrons. The van der Waals surface area contributed by atoms with Gasteiger partial charge in [-0.25, -0.2) is 14.8 Å². The summed E-state index contributed by atoms with van der Waals surface area (Å²) in [5.74, 6) is -1.23. The van der Waals surface area contributed by atoms with Crippen LogP contribution in [-0.2, 0) is 16.5 Å². The summed E-state index contributed by atoms with van der Waals surface area (Å²) in [6, 6.07) is 4.15. The molecular formula is C17H20F4N4O2. The lowest BCUT2D eigenvalue weighted by molar-refractivity contribution is -0.141. The first kappa shape index (κ1) is 18.6. The molecule has 1 aliphatic carbocycles. The third-order valence-electron chi connectivity index (χ3n) is 5.82. The Morgan fingerprint density at radius 1 is 1.22 bits per heavy atom. The van der Waals surface area contributed by atoms with Gasteiger partial charge in [0.1, 0.15) is 6.67 Å². The molecule has 148 valence electrons. The Morgan fingerprint density at radius 2 is 1.89 bits per heavy atom. The SMILES string of the molecule is O=C1NC(O)NC2C1C(CF)NN2C1(c2ccc(C(F)(F)F)cc2)CCC1. The van der Waals surface area contributed by atoms with Crippen LogP contribution in [-0.4, -0.2) is 41.3 Å². The van der Waals surface area contributed by atoms with Crippen molar-refractivity contribution in [3.8, 4) is 0 Å². The number of hydrogen-bond acceptors (Lipinski definition) is 5. The van der Waals surface area contributed by atoms with Crippen LogP contribution in [0.3, 0.4) is 0 Å². The highest BCUT2D eigenvalue weighted by atomic mass is 19.4. The van der Waals surface area contributed by atoms with E-state index in [2.05, 4.69) is 16.1 Å². The number of halogens is 4. The molecular weight excluding hydrogens is 368 g/mol. The molecule has 0 bridgehead atoms. The molecule has 4 rings (SSSR count). The molecule has 4 unspecified atom stereocenters. The van der Waals surface area contributed by atoms with Gasteiger partial charge in [-0.05, 0) is 37.0 Å². The van der Waals surface area contributed by atoms with Gasteiger partial charge in [-0.1, -0.05) is 12.1 Å². The maximum absolute atomic E-state index is 13.5. The Labute approximate surface area is 152 Å². The number of aliphatic hydroxyl groups excluding tert-OH is 1. The molecule has 27 heavy (non-hydrogen) atoms. The van der Waals surface area contributed by atoms with Crippen LogP contribution in [0.2, 0.25) is 0 Å². The molecule has 1 saturated carbocycles. The zero-order valence-electron chi connectivity index (χ0n) is 14.3. The van der Waals surface area contributed by atoms with Gasteiger partial charge in [0.05, 0.1) is 29.2 Å². The Bertz CT molecular complexity index is 723. The fraction of sp³-hybridized carbons (Fsp3) is 0.588. The van der Waals surface area contributed by atoms with Gasteiger partial charge >= 0.3 is 6.18 Å². The zero-order chi connectivity index (χ0) is 19.4. The molecule has 0 aromatic heterocycles. The predicted octanol–water partition coefficient (Wildman–Crippen LogP) is 1.18. The summed E-state index contributed by atoms with van der Waals surface area (Å²) >= 11 is 0. The number of nitrogens with one attached hydrogen (secondary N) is 3. The minimum Gasteiger partial charge on any atom is -0.361 e. The molecule has 2 saturated heterocycles. The number of rotatable bonds is 3. The summed E-state index contributed by atoms with van der Waals surface area (Å²) in [5.41, 5.74) is 2.28. The topological polar surface area (TPSA) is 76.6 Å². The first-order chi connectivity index (χ1) is 12.8. The van der Waals surface area contributed by atoms with Crippen LogP contribution >= 0.6 is 0 Å². The molecule has 0 spiro atoms. The lowest BCUT2D eigenvalue weighted by Crippen LogP contribution is -2.68. The highest BCUT2D eigenvalue weighted by molar-refractivity contribution is 5.81. The average Bonchev–Trinajstić information content (AvgIpc) is 2.93. The van der Waals surface area contributed by atoms with Crippen molar-refractivity contribution in [2.75, 3.05) is 6.67 Å². The molecule has 1 aromatic carbocycles. The van der Waals surface area contributed by atoms with E-state index in [0.717, 1.165) is 18.6 Å². The zero-order valence-corrected chi connectivity index (χ0v) is 14.3. The lowest BCUT2D eigenvalue weighted by atomic mass is 9.70. The van der Waals surface area contributed by atoms with Crippen LogP contribution in [0.4, 0.5) is 17.6 Å². The minimum atomic E-state index is -4.42. The first-order valence-corrected chi connectivity index (χ1v) is 8.80. The molecule has 3 aliphatic rings. The van der Waals surface area contributed by atoms with Crippen LogP contribution < -0.4 is 16.1 Å². The van der Waals surface area contributed by atoms with Crippen molar-refractivity contribution in [3.63, 3.8) is 0 Å². The standard InChI is InChI=1S/C17H20F4N4O2/c18-8-11-12-13(22-15(27)23-14(12)26)25(24-11)16(6-1-7-16)9-2-4-10(5-3-9)17(19,20)21/h2-5,11-13,15,22,24,27H,1,6-8H2,(H,23,26). The minimum absolute atomic E-state index is 0.467. The van der Waals surface area contributed by atoms with E-state index in [0.29, 0.717) is 18.4 Å². The molecule has 10 heteroatoms. The highest BCUT2D eigenvalue weighted by Crippen LogP contribution is 2.49. The van der Waals surface area contributed by atoms with Crippen LogP contribution in [0.5, 0.6) is 0 Å². The highest BCUT2D eigenvalue weighted by Gasteiger charge is 2.57. The Morgan fingerprint density at radius 3 is 2.41 bits per heavy atom. The van der Waals surface area contributed by atoms with Crippen molar-refractivity contribution in [1.82, 2.24) is 21.1 Å². The second-order valence-corrected chi connectivity index (χ2v) is 7.27. The van der Waals surface area contributed by atoms with Gasteiger partial charge in [0, 0.05) is 0 Å². The number of carbonyl (C=O) groups is 1. The summed E-state index contributed by atoms with van der Waals surface area (Å²) in [6.07, 6.45) is -4.22. The van der Waals surface area contributed by atoms with Gasteiger partial charge in [-0.3, -0.25) is 10.1 Å². The van der Waals surface area contributed by atoms with E-state index in [1.54, 1.807) is 5.01 Å². The molecule has 2 heterocycles. The number of hydrogen-bond donors (Lipinski definition) is 4. The summed E-state index contributed by atoms with van der Waals surface area (Å²) in [6.45, 7) is -0.786. The van der Waals surface area contributed by atoms with Crippen LogP contribution in [0, 0.1) is 5.92 Å².